The Morgan fingerprint density at radius 2 is 1.77 bits per heavy atom. The van der Waals surface area contributed by atoms with Gasteiger partial charge in [0.25, 0.3) is 17.2 Å². The van der Waals surface area contributed by atoms with E-state index in [1.54, 1.807) is 6.07 Å². The summed E-state index contributed by atoms with van der Waals surface area (Å²) in [5, 5.41) is 20.2. The number of nitro benzene ring substituents is 1. The number of aromatic nitrogens is 4. The smallest absolute Gasteiger partial charge is 0.269 e. The molecule has 0 aliphatic rings. The number of carbonyl (C=O) groups is 1. The normalized spacial score (nSPS) is 10.7. The molecular weight excluding hydrogens is 468 g/mol. The van der Waals surface area contributed by atoms with Gasteiger partial charge in [-0.2, -0.15) is 9.78 Å². The number of H-pyrrole nitrogens is 1. The minimum absolute atomic E-state index is 0.119. The second-order valence-electron chi connectivity index (χ2n) is 7.38. The van der Waals surface area contributed by atoms with Crippen molar-refractivity contribution in [3.05, 3.63) is 110 Å². The minimum atomic E-state index is -0.536. The highest BCUT2D eigenvalue weighted by Crippen LogP contribution is 2.28. The first kappa shape index (κ1) is 21.9. The van der Waals surface area contributed by atoms with E-state index in [0.29, 0.717) is 11.4 Å². The van der Waals surface area contributed by atoms with Crippen molar-refractivity contribution in [3.8, 4) is 27.8 Å². The van der Waals surface area contributed by atoms with Crippen molar-refractivity contribution in [2.24, 2.45) is 0 Å². The van der Waals surface area contributed by atoms with E-state index >= 15 is 0 Å². The van der Waals surface area contributed by atoms with Crippen LogP contribution in [-0.2, 0) is 0 Å². The van der Waals surface area contributed by atoms with E-state index in [-0.39, 0.29) is 28.6 Å². The average Bonchev–Trinajstić information content (AvgIpc) is 3.55. The molecule has 0 aliphatic carbocycles. The Morgan fingerprint density at radius 3 is 2.46 bits per heavy atom. The van der Waals surface area contributed by atoms with E-state index < -0.39 is 10.8 Å². The van der Waals surface area contributed by atoms with Gasteiger partial charge in [0.1, 0.15) is 11.5 Å². The molecule has 5 aromatic rings. The third-order valence-electron chi connectivity index (χ3n) is 5.06. The van der Waals surface area contributed by atoms with Gasteiger partial charge in [0.15, 0.2) is 0 Å². The van der Waals surface area contributed by atoms with Crippen LogP contribution in [0.2, 0.25) is 0 Å². The van der Waals surface area contributed by atoms with Crippen LogP contribution in [-0.4, -0.2) is 30.6 Å². The fourth-order valence-corrected chi connectivity index (χ4v) is 4.08. The zero-order valence-corrected chi connectivity index (χ0v) is 18.7. The molecule has 11 heteroatoms. The number of hydrogen-bond donors (Lipinski definition) is 2. The van der Waals surface area contributed by atoms with Crippen LogP contribution in [0.5, 0.6) is 0 Å². The highest BCUT2D eigenvalue weighted by atomic mass is 32.1. The summed E-state index contributed by atoms with van der Waals surface area (Å²) >= 11 is 1.47. The number of anilines is 1. The van der Waals surface area contributed by atoms with Gasteiger partial charge < -0.3 is 5.32 Å². The van der Waals surface area contributed by atoms with Crippen molar-refractivity contribution >= 4 is 28.7 Å². The molecule has 0 bridgehead atoms. The number of nitro groups is 1. The van der Waals surface area contributed by atoms with Gasteiger partial charge in [0.05, 0.1) is 15.5 Å². The molecule has 172 valence electrons. The van der Waals surface area contributed by atoms with Crippen LogP contribution in [0.25, 0.3) is 27.8 Å². The summed E-state index contributed by atoms with van der Waals surface area (Å²) in [4.78, 5) is 43.8. The lowest BCUT2D eigenvalue weighted by molar-refractivity contribution is -0.384. The summed E-state index contributed by atoms with van der Waals surface area (Å²) in [5.41, 5.74) is 1.50. The van der Waals surface area contributed by atoms with Gasteiger partial charge in [-0.1, -0.05) is 36.4 Å². The number of thiophene rings is 1. The van der Waals surface area contributed by atoms with E-state index in [4.69, 9.17) is 0 Å². The second kappa shape index (κ2) is 9.15. The van der Waals surface area contributed by atoms with Crippen molar-refractivity contribution in [1.29, 1.82) is 0 Å². The topological polar surface area (TPSA) is 136 Å². The maximum Gasteiger partial charge on any atom is 0.269 e. The highest BCUT2D eigenvalue weighted by molar-refractivity contribution is 7.13. The molecule has 2 N–H and O–H groups in total. The quantitative estimate of drug-likeness (QED) is 0.269. The number of carbonyl (C=O) groups excluding carboxylic acids is 1. The van der Waals surface area contributed by atoms with Crippen molar-refractivity contribution in [1.82, 2.24) is 19.7 Å². The first-order valence-electron chi connectivity index (χ1n) is 10.3. The van der Waals surface area contributed by atoms with Crippen LogP contribution < -0.4 is 10.9 Å². The van der Waals surface area contributed by atoms with Gasteiger partial charge in [-0.05, 0) is 23.6 Å². The summed E-state index contributed by atoms with van der Waals surface area (Å²) in [5.74, 6) is -0.108. The van der Waals surface area contributed by atoms with E-state index in [1.165, 1.54) is 46.4 Å². The molecule has 0 radical (unpaired) electrons. The van der Waals surface area contributed by atoms with Crippen LogP contribution in [0, 0.1) is 10.1 Å². The van der Waals surface area contributed by atoms with E-state index in [9.17, 15) is 19.7 Å². The monoisotopic (exact) mass is 484 g/mol. The van der Waals surface area contributed by atoms with Gasteiger partial charge in [-0.15, -0.1) is 11.3 Å². The maximum atomic E-state index is 12.9. The summed E-state index contributed by atoms with van der Waals surface area (Å²) < 4.78 is 1.35. The molecule has 10 nitrogen and oxygen atoms in total. The van der Waals surface area contributed by atoms with Crippen molar-refractivity contribution in [2.75, 3.05) is 5.32 Å². The largest absolute Gasteiger partial charge is 0.306 e. The van der Waals surface area contributed by atoms with Crippen LogP contribution in [0.15, 0.2) is 89.0 Å². The van der Waals surface area contributed by atoms with Crippen molar-refractivity contribution in [2.45, 2.75) is 0 Å². The lowest BCUT2D eigenvalue weighted by atomic mass is 10.1. The third-order valence-corrected chi connectivity index (χ3v) is 5.96. The lowest BCUT2D eigenvalue weighted by Crippen LogP contribution is -2.18. The molecule has 0 aliphatic heterocycles. The minimum Gasteiger partial charge on any atom is -0.306 e. The van der Waals surface area contributed by atoms with Crippen LogP contribution >= 0.6 is 11.3 Å². The Hall–Kier alpha value is -4.90. The zero-order valence-electron chi connectivity index (χ0n) is 17.9. The summed E-state index contributed by atoms with van der Waals surface area (Å²) in [6.07, 6.45) is 0. The first-order chi connectivity index (χ1) is 17.0. The molecule has 2 aromatic carbocycles. The number of amides is 1. The lowest BCUT2D eigenvalue weighted by Gasteiger charge is -2.09. The van der Waals surface area contributed by atoms with Crippen molar-refractivity contribution < 1.29 is 9.72 Å². The predicted octanol–water partition coefficient (Wildman–Crippen LogP) is 4.51. The highest BCUT2D eigenvalue weighted by Gasteiger charge is 2.18. The van der Waals surface area contributed by atoms with Gasteiger partial charge in [-0.25, -0.2) is 4.98 Å². The Bertz CT molecular complexity index is 1570. The molecule has 5 rings (SSSR count). The Kier molecular flexibility index (Phi) is 5.73. The molecule has 0 spiro atoms. The van der Waals surface area contributed by atoms with Gasteiger partial charge in [-0.3, -0.25) is 24.7 Å². The van der Waals surface area contributed by atoms with Gasteiger partial charge >= 0.3 is 0 Å². The van der Waals surface area contributed by atoms with Gasteiger partial charge in [0.2, 0.25) is 5.95 Å². The average molecular weight is 484 g/mol. The summed E-state index contributed by atoms with van der Waals surface area (Å²) in [6.45, 7) is 0. The molecular formula is C24H16N6O4S. The molecule has 3 aromatic heterocycles. The number of non-ortho nitro benzene ring substituents is 1. The molecule has 1 amide bonds. The molecule has 0 saturated heterocycles. The van der Waals surface area contributed by atoms with Crippen LogP contribution in [0.1, 0.15) is 10.4 Å². The van der Waals surface area contributed by atoms with Crippen LogP contribution in [0.3, 0.4) is 0 Å². The first-order valence-corrected chi connectivity index (χ1v) is 11.2. The maximum absolute atomic E-state index is 12.9. The number of nitrogens with zero attached hydrogens (tertiary/aromatic N) is 4. The number of rotatable bonds is 6. The third kappa shape index (κ3) is 4.61. The molecule has 3 heterocycles. The number of benzene rings is 2. The molecule has 0 atom stereocenters. The zero-order chi connectivity index (χ0) is 24.4. The molecule has 0 saturated carbocycles. The van der Waals surface area contributed by atoms with E-state index in [0.717, 1.165) is 10.4 Å². The van der Waals surface area contributed by atoms with Crippen molar-refractivity contribution in [3.63, 3.8) is 0 Å². The Morgan fingerprint density at radius 1 is 1.00 bits per heavy atom. The van der Waals surface area contributed by atoms with E-state index in [2.05, 4.69) is 20.4 Å². The standard InChI is InChI=1S/C24H16N6O4S/c31-22-14-18(15-5-2-1-3-6-15)25-24(27-22)29-21(13-19(28-29)20-7-4-12-35-20)26-23(32)16-8-10-17(11-9-16)30(33)34/h1-14H,(H,26,32)(H,25,27,31). The fourth-order valence-electron chi connectivity index (χ4n) is 3.40. The predicted molar refractivity (Wildman–Crippen MR) is 132 cm³/mol. The fraction of sp³-hybridized carbons (Fsp3) is 0. The number of aromatic amines is 1. The summed E-state index contributed by atoms with van der Waals surface area (Å²) in [6, 6.07) is 21.3. The second-order valence-corrected chi connectivity index (χ2v) is 8.33. The molecule has 0 unspecified atom stereocenters. The Balaban J connectivity index is 1.56. The molecule has 35 heavy (non-hydrogen) atoms. The number of hydrogen-bond acceptors (Lipinski definition) is 7. The van der Waals surface area contributed by atoms with Gasteiger partial charge in [0, 0.05) is 35.4 Å². The summed E-state index contributed by atoms with van der Waals surface area (Å²) in [7, 11) is 0. The molecule has 0 fully saturated rings. The Labute approximate surface area is 201 Å². The van der Waals surface area contributed by atoms with Crippen LogP contribution in [0.4, 0.5) is 11.5 Å². The van der Waals surface area contributed by atoms with E-state index in [1.807, 2.05) is 47.8 Å². The number of nitrogens with one attached hydrogen (secondary N) is 2. The SMILES string of the molecule is O=C(Nc1cc(-c2cccs2)nn1-c1nc(-c2ccccc2)cc(=O)[nH]1)c1ccc([N+](=O)[O-])cc1.